The van der Waals surface area contributed by atoms with Crippen LogP contribution in [0.4, 0.5) is 18.9 Å². The molecule has 0 saturated carbocycles. The largest absolute Gasteiger partial charge is 0.459 e. The molecule has 0 bridgehead atoms. The zero-order valence-electron chi connectivity index (χ0n) is 10.8. The second-order valence-corrected chi connectivity index (χ2v) is 4.25. The molecule has 0 unspecified atom stereocenters. The Hall–Kier alpha value is -2.57. The van der Waals surface area contributed by atoms with Gasteiger partial charge in [-0.3, -0.25) is 9.59 Å². The van der Waals surface area contributed by atoms with E-state index in [0.29, 0.717) is 11.6 Å². The van der Waals surface area contributed by atoms with Gasteiger partial charge in [0.05, 0.1) is 6.26 Å². The zero-order valence-corrected chi connectivity index (χ0v) is 10.8. The van der Waals surface area contributed by atoms with E-state index in [1.807, 2.05) is 0 Å². The lowest BCUT2D eigenvalue weighted by molar-refractivity contribution is -0.138. The quantitative estimate of drug-likeness (QED) is 0.878. The molecule has 0 spiro atoms. The smallest absolute Gasteiger partial charge is 0.420 e. The van der Waals surface area contributed by atoms with E-state index < -0.39 is 23.4 Å². The van der Waals surface area contributed by atoms with Gasteiger partial charge in [0.1, 0.15) is 5.56 Å². The Labute approximate surface area is 117 Å². The number of amides is 1. The maximum absolute atomic E-state index is 12.7. The second-order valence-electron chi connectivity index (χ2n) is 4.25. The number of benzene rings is 1. The topological polar surface area (TPSA) is 59.3 Å². The summed E-state index contributed by atoms with van der Waals surface area (Å²) in [6.07, 6.45) is -3.88. The van der Waals surface area contributed by atoms with Crippen LogP contribution in [0, 0.1) is 0 Å². The van der Waals surface area contributed by atoms with Gasteiger partial charge in [0.15, 0.2) is 5.78 Å². The van der Waals surface area contributed by atoms with Gasteiger partial charge in [-0.1, -0.05) is 12.1 Å². The van der Waals surface area contributed by atoms with Crippen molar-refractivity contribution in [1.29, 1.82) is 0 Å². The Bertz CT molecular complexity index is 689. The molecule has 110 valence electrons. The first-order chi connectivity index (χ1) is 9.79. The molecular weight excluding hydrogens is 287 g/mol. The summed E-state index contributed by atoms with van der Waals surface area (Å²) in [5.74, 6) is -2.08. The van der Waals surface area contributed by atoms with Gasteiger partial charge in [0, 0.05) is 11.3 Å². The van der Waals surface area contributed by atoms with Gasteiger partial charge < -0.3 is 9.73 Å². The summed E-state index contributed by atoms with van der Waals surface area (Å²) < 4.78 is 42.6. The number of nitrogens with one attached hydrogen (secondary N) is 1. The molecule has 0 saturated heterocycles. The van der Waals surface area contributed by atoms with Crippen molar-refractivity contribution in [3.05, 3.63) is 53.5 Å². The Kier molecular flexibility index (Phi) is 3.84. The van der Waals surface area contributed by atoms with E-state index in [1.54, 1.807) is 0 Å². The number of ketones is 1. The van der Waals surface area contributed by atoms with Crippen molar-refractivity contribution in [1.82, 2.24) is 0 Å². The number of hydrogen-bond donors (Lipinski definition) is 1. The van der Waals surface area contributed by atoms with Gasteiger partial charge in [-0.2, -0.15) is 13.2 Å². The molecule has 0 radical (unpaired) electrons. The van der Waals surface area contributed by atoms with Crippen LogP contribution < -0.4 is 5.32 Å². The number of alkyl halides is 3. The van der Waals surface area contributed by atoms with E-state index >= 15 is 0 Å². The molecule has 0 aliphatic carbocycles. The molecule has 2 aromatic rings. The number of halogens is 3. The number of rotatable bonds is 3. The minimum atomic E-state index is -4.68. The summed E-state index contributed by atoms with van der Waals surface area (Å²) in [6, 6.07) is 6.56. The molecule has 0 atom stereocenters. The Morgan fingerprint density at radius 1 is 1.19 bits per heavy atom. The van der Waals surface area contributed by atoms with Crippen LogP contribution in [-0.4, -0.2) is 11.7 Å². The lowest BCUT2D eigenvalue weighted by Crippen LogP contribution is -2.17. The van der Waals surface area contributed by atoms with Gasteiger partial charge in [0.2, 0.25) is 5.76 Å². The lowest BCUT2D eigenvalue weighted by atomic mass is 10.1. The fraction of sp³-hybridized carbons (Fsp3) is 0.143. The predicted octanol–water partition coefficient (Wildman–Crippen LogP) is 3.75. The van der Waals surface area contributed by atoms with E-state index in [1.165, 1.54) is 31.2 Å². The molecule has 1 N–H and O–H groups in total. The maximum Gasteiger partial charge on any atom is 0.420 e. The fourth-order valence-corrected chi connectivity index (χ4v) is 1.71. The summed E-state index contributed by atoms with van der Waals surface area (Å²) in [4.78, 5) is 23.1. The van der Waals surface area contributed by atoms with Crippen molar-refractivity contribution in [2.24, 2.45) is 0 Å². The van der Waals surface area contributed by atoms with Gasteiger partial charge >= 0.3 is 6.18 Å². The number of furan rings is 1. The van der Waals surface area contributed by atoms with Crippen LogP contribution in [-0.2, 0) is 6.18 Å². The van der Waals surface area contributed by atoms with E-state index in [2.05, 4.69) is 9.73 Å². The van der Waals surface area contributed by atoms with Crippen LogP contribution in [0.3, 0.4) is 0 Å². The van der Waals surface area contributed by atoms with E-state index in [0.717, 1.165) is 6.26 Å². The van der Waals surface area contributed by atoms with E-state index in [9.17, 15) is 22.8 Å². The number of Topliss-reactive ketones (excluding diaryl/α,β-unsaturated/α-hetero) is 1. The van der Waals surface area contributed by atoms with Crippen LogP contribution in [0.1, 0.15) is 33.4 Å². The highest BCUT2D eigenvalue weighted by Gasteiger charge is 2.37. The molecule has 4 nitrogen and oxygen atoms in total. The Morgan fingerprint density at radius 3 is 2.52 bits per heavy atom. The number of carbonyl (C=O) groups is 2. The molecule has 1 aromatic carbocycles. The van der Waals surface area contributed by atoms with Gasteiger partial charge in [-0.15, -0.1) is 0 Å². The summed E-state index contributed by atoms with van der Waals surface area (Å²) in [6.45, 7) is 1.34. The minimum Gasteiger partial charge on any atom is -0.459 e. The molecule has 1 amide bonds. The highest BCUT2D eigenvalue weighted by molar-refractivity contribution is 6.04. The van der Waals surface area contributed by atoms with Crippen LogP contribution >= 0.6 is 0 Å². The Balaban J connectivity index is 2.25. The average molecular weight is 297 g/mol. The third-order valence-corrected chi connectivity index (χ3v) is 2.70. The average Bonchev–Trinajstić information content (AvgIpc) is 2.88. The van der Waals surface area contributed by atoms with Crippen molar-refractivity contribution in [3.63, 3.8) is 0 Å². The third-order valence-electron chi connectivity index (χ3n) is 2.70. The fourth-order valence-electron chi connectivity index (χ4n) is 1.71. The molecule has 2 rings (SSSR count). The van der Waals surface area contributed by atoms with Gasteiger partial charge in [-0.05, 0) is 25.1 Å². The number of hydrogen-bond acceptors (Lipinski definition) is 3. The van der Waals surface area contributed by atoms with E-state index in [-0.39, 0.29) is 11.5 Å². The first-order valence-corrected chi connectivity index (χ1v) is 5.86. The summed E-state index contributed by atoms with van der Waals surface area (Å²) in [5.41, 5.74) is -0.608. The van der Waals surface area contributed by atoms with Crippen molar-refractivity contribution >= 4 is 17.4 Å². The first-order valence-electron chi connectivity index (χ1n) is 5.86. The van der Waals surface area contributed by atoms with Gasteiger partial charge in [-0.25, -0.2) is 0 Å². The number of anilines is 1. The first kappa shape index (κ1) is 14.8. The van der Waals surface area contributed by atoms with Crippen LogP contribution in [0.25, 0.3) is 0 Å². The van der Waals surface area contributed by atoms with Crippen LogP contribution in [0.2, 0.25) is 0 Å². The summed E-state index contributed by atoms with van der Waals surface area (Å²) in [7, 11) is 0. The van der Waals surface area contributed by atoms with Crippen LogP contribution in [0.5, 0.6) is 0 Å². The monoisotopic (exact) mass is 297 g/mol. The molecule has 7 heteroatoms. The maximum atomic E-state index is 12.7. The molecule has 21 heavy (non-hydrogen) atoms. The normalized spacial score (nSPS) is 11.2. The number of carbonyl (C=O) groups excluding carboxylic acids is 2. The molecule has 0 fully saturated rings. The van der Waals surface area contributed by atoms with E-state index in [4.69, 9.17) is 0 Å². The van der Waals surface area contributed by atoms with Crippen molar-refractivity contribution in [3.8, 4) is 0 Å². The molecular formula is C14H10F3NO3. The zero-order chi connectivity index (χ0) is 15.6. The highest BCUT2D eigenvalue weighted by atomic mass is 19.4. The van der Waals surface area contributed by atoms with Crippen LogP contribution in [0.15, 0.2) is 41.0 Å². The molecule has 1 heterocycles. The van der Waals surface area contributed by atoms with Gasteiger partial charge in [0.25, 0.3) is 5.91 Å². The summed E-state index contributed by atoms with van der Waals surface area (Å²) >= 11 is 0. The minimum absolute atomic E-state index is 0.206. The second kappa shape index (κ2) is 5.43. The highest BCUT2D eigenvalue weighted by Crippen LogP contribution is 2.33. The standard InChI is InChI=1S/C14H10F3NO3/c1-8(19)9-3-2-4-10(7-9)18-13(20)12-11(5-6-21-12)14(15,16)17/h2-7H,1H3,(H,18,20). The van der Waals surface area contributed by atoms with Crippen molar-refractivity contribution < 1.29 is 27.2 Å². The Morgan fingerprint density at radius 2 is 1.90 bits per heavy atom. The third kappa shape index (κ3) is 3.31. The predicted molar refractivity (Wildman–Crippen MR) is 68.1 cm³/mol. The lowest BCUT2D eigenvalue weighted by Gasteiger charge is -2.08. The van der Waals surface area contributed by atoms with Crippen molar-refractivity contribution in [2.75, 3.05) is 5.32 Å². The summed E-state index contributed by atoms with van der Waals surface area (Å²) in [5, 5.41) is 2.27. The molecule has 0 aliphatic rings. The molecule has 0 aliphatic heterocycles. The van der Waals surface area contributed by atoms with Crippen molar-refractivity contribution in [2.45, 2.75) is 13.1 Å². The SMILES string of the molecule is CC(=O)c1cccc(NC(=O)c2occc2C(F)(F)F)c1. The molecule has 1 aromatic heterocycles.